The lowest BCUT2D eigenvalue weighted by Gasteiger charge is -2.06. The smallest absolute Gasteiger partial charge is 0.354 e. The van der Waals surface area contributed by atoms with Crippen LogP contribution in [0, 0.1) is 0 Å². The number of esters is 1. The summed E-state index contributed by atoms with van der Waals surface area (Å²) < 4.78 is 28.7. The van der Waals surface area contributed by atoms with Crippen LogP contribution in [0.2, 0.25) is 0 Å². The van der Waals surface area contributed by atoms with Crippen LogP contribution >= 0.6 is 0 Å². The maximum absolute atomic E-state index is 12.1. The molecule has 13 heavy (non-hydrogen) atoms. The molecule has 1 atom stereocenters. The Kier molecular flexibility index (Phi) is 3.16. The number of ether oxygens (including phenoxy) is 1. The van der Waals surface area contributed by atoms with Crippen molar-refractivity contribution in [3.05, 3.63) is 0 Å². The van der Waals surface area contributed by atoms with Crippen LogP contribution in [-0.2, 0) is 9.53 Å². The molecule has 1 unspecified atom stereocenters. The number of carbonyl (C=O) groups is 1. The predicted molar refractivity (Wildman–Crippen MR) is 41.6 cm³/mol. The van der Waals surface area contributed by atoms with E-state index in [0.29, 0.717) is 0 Å². The van der Waals surface area contributed by atoms with Gasteiger partial charge < -0.3 is 10.2 Å². The van der Waals surface area contributed by atoms with Crippen molar-refractivity contribution in [2.75, 3.05) is 6.61 Å². The van der Waals surface area contributed by atoms with Crippen molar-refractivity contribution in [2.45, 2.75) is 25.8 Å². The van der Waals surface area contributed by atoms with Gasteiger partial charge in [-0.3, -0.25) is 0 Å². The van der Waals surface area contributed by atoms with Crippen molar-refractivity contribution in [3.63, 3.8) is 0 Å². The third-order valence-corrected chi connectivity index (χ3v) is 1.59. The number of halogens is 2. The van der Waals surface area contributed by atoms with Gasteiger partial charge in [0.1, 0.15) is 11.8 Å². The summed E-state index contributed by atoms with van der Waals surface area (Å²) in [7, 11) is 0. The molecule has 0 aliphatic carbocycles. The Morgan fingerprint density at radius 2 is 2.54 bits per heavy atom. The molecule has 1 heterocycles. The van der Waals surface area contributed by atoms with E-state index in [1.54, 1.807) is 6.92 Å². The normalized spacial score (nSPS) is 21.2. The first-order chi connectivity index (χ1) is 6.15. The Morgan fingerprint density at radius 3 is 3.00 bits per heavy atom. The molecule has 0 saturated carbocycles. The molecule has 1 N–H and O–H groups in total. The van der Waals surface area contributed by atoms with Crippen LogP contribution in [0.15, 0.2) is 5.10 Å². The second-order valence-corrected chi connectivity index (χ2v) is 2.55. The Bertz CT molecular complexity index is 231. The summed E-state index contributed by atoms with van der Waals surface area (Å²) in [5.74, 6) is -0.627. The zero-order valence-electron chi connectivity index (χ0n) is 7.09. The standard InChI is InChI=1S/C7H10F2N2O2/c1-2-13-7(12)5-3-4(6(8)9)10-11-5/h4,6,10H,2-3H2,1H3. The minimum Gasteiger partial charge on any atom is -0.461 e. The Balaban J connectivity index is 2.44. The van der Waals surface area contributed by atoms with Gasteiger partial charge in [0.25, 0.3) is 6.43 Å². The van der Waals surface area contributed by atoms with Gasteiger partial charge in [-0.25, -0.2) is 13.6 Å². The fourth-order valence-corrected chi connectivity index (χ4v) is 0.949. The quantitative estimate of drug-likeness (QED) is 0.663. The predicted octanol–water partition coefficient (Wildman–Crippen LogP) is 0.532. The van der Waals surface area contributed by atoms with Crippen molar-refractivity contribution in [1.29, 1.82) is 0 Å². The van der Waals surface area contributed by atoms with E-state index >= 15 is 0 Å². The summed E-state index contributed by atoms with van der Waals surface area (Å²) in [5.41, 5.74) is 2.22. The van der Waals surface area contributed by atoms with Crippen LogP contribution < -0.4 is 5.43 Å². The number of nitrogens with zero attached hydrogens (tertiary/aromatic N) is 1. The van der Waals surface area contributed by atoms with E-state index in [1.165, 1.54) is 0 Å². The van der Waals surface area contributed by atoms with E-state index in [9.17, 15) is 13.6 Å². The molecule has 0 fully saturated rings. The molecule has 0 aromatic carbocycles. The molecule has 0 radical (unpaired) electrons. The average Bonchev–Trinajstić information content (AvgIpc) is 2.52. The minimum atomic E-state index is -2.52. The molecule has 1 aliphatic heterocycles. The lowest BCUT2D eigenvalue weighted by Crippen LogP contribution is -2.28. The van der Waals surface area contributed by atoms with E-state index in [2.05, 4.69) is 15.3 Å². The molecule has 74 valence electrons. The molecular formula is C7H10F2N2O2. The Labute approximate surface area is 73.9 Å². The summed E-state index contributed by atoms with van der Waals surface area (Å²) in [6.07, 6.45) is -2.59. The summed E-state index contributed by atoms with van der Waals surface area (Å²) in [5, 5.41) is 3.47. The first-order valence-electron chi connectivity index (χ1n) is 3.92. The maximum atomic E-state index is 12.1. The van der Waals surface area contributed by atoms with Crippen LogP contribution in [0.1, 0.15) is 13.3 Å². The molecular weight excluding hydrogens is 182 g/mol. The largest absolute Gasteiger partial charge is 0.461 e. The highest BCUT2D eigenvalue weighted by Gasteiger charge is 2.30. The van der Waals surface area contributed by atoms with Crippen LogP contribution in [0.25, 0.3) is 0 Å². The van der Waals surface area contributed by atoms with Crippen LogP contribution in [0.3, 0.4) is 0 Å². The minimum absolute atomic E-state index is 0.0344. The molecule has 0 spiro atoms. The van der Waals surface area contributed by atoms with Crippen LogP contribution in [0.4, 0.5) is 8.78 Å². The molecule has 0 bridgehead atoms. The molecule has 0 amide bonds. The number of rotatable bonds is 3. The van der Waals surface area contributed by atoms with E-state index in [4.69, 9.17) is 0 Å². The number of carbonyl (C=O) groups excluding carboxylic acids is 1. The molecule has 0 aromatic heterocycles. The second-order valence-electron chi connectivity index (χ2n) is 2.55. The maximum Gasteiger partial charge on any atom is 0.354 e. The van der Waals surface area contributed by atoms with E-state index < -0.39 is 18.4 Å². The highest BCUT2D eigenvalue weighted by Crippen LogP contribution is 2.12. The van der Waals surface area contributed by atoms with E-state index in [-0.39, 0.29) is 18.7 Å². The van der Waals surface area contributed by atoms with Gasteiger partial charge >= 0.3 is 5.97 Å². The lowest BCUT2D eigenvalue weighted by atomic mass is 10.2. The van der Waals surface area contributed by atoms with E-state index in [0.717, 1.165) is 0 Å². The fourth-order valence-electron chi connectivity index (χ4n) is 0.949. The van der Waals surface area contributed by atoms with Gasteiger partial charge in [0.05, 0.1) is 6.61 Å². The van der Waals surface area contributed by atoms with Gasteiger partial charge in [-0.15, -0.1) is 0 Å². The highest BCUT2D eigenvalue weighted by atomic mass is 19.3. The summed E-state index contributed by atoms with van der Waals surface area (Å²) in [6.45, 7) is 1.86. The molecule has 1 rings (SSSR count). The van der Waals surface area contributed by atoms with Crippen LogP contribution in [0.5, 0.6) is 0 Å². The van der Waals surface area contributed by atoms with Gasteiger partial charge in [0, 0.05) is 6.42 Å². The van der Waals surface area contributed by atoms with E-state index in [1.807, 2.05) is 0 Å². The SMILES string of the molecule is CCOC(=O)C1=NNC(C(F)F)C1. The third-order valence-electron chi connectivity index (χ3n) is 1.59. The van der Waals surface area contributed by atoms with Gasteiger partial charge in [-0.1, -0.05) is 0 Å². The Morgan fingerprint density at radius 1 is 1.85 bits per heavy atom. The van der Waals surface area contributed by atoms with Gasteiger partial charge in [-0.2, -0.15) is 5.10 Å². The third kappa shape index (κ3) is 2.37. The zero-order valence-corrected chi connectivity index (χ0v) is 7.09. The molecule has 6 heteroatoms. The second kappa shape index (κ2) is 4.15. The first kappa shape index (κ1) is 9.88. The number of nitrogens with one attached hydrogen (secondary N) is 1. The monoisotopic (exact) mass is 192 g/mol. The number of alkyl halides is 2. The first-order valence-corrected chi connectivity index (χ1v) is 3.92. The Hall–Kier alpha value is -1.20. The summed E-state index contributed by atoms with van der Waals surface area (Å²) in [4.78, 5) is 11.0. The van der Waals surface area contributed by atoms with Crippen molar-refractivity contribution in [1.82, 2.24) is 5.43 Å². The molecule has 0 saturated heterocycles. The van der Waals surface area contributed by atoms with Gasteiger partial charge in [-0.05, 0) is 6.92 Å². The summed E-state index contributed by atoms with van der Waals surface area (Å²) in [6, 6.07) is -1.06. The fraction of sp³-hybridized carbons (Fsp3) is 0.714. The molecule has 1 aliphatic rings. The van der Waals surface area contributed by atoms with Crippen molar-refractivity contribution in [2.24, 2.45) is 5.10 Å². The molecule has 4 nitrogen and oxygen atoms in total. The zero-order chi connectivity index (χ0) is 9.84. The summed E-state index contributed by atoms with van der Waals surface area (Å²) >= 11 is 0. The van der Waals surface area contributed by atoms with Crippen molar-refractivity contribution < 1.29 is 18.3 Å². The van der Waals surface area contributed by atoms with Crippen LogP contribution in [-0.4, -0.2) is 30.8 Å². The topological polar surface area (TPSA) is 50.7 Å². The number of hydrogen-bond acceptors (Lipinski definition) is 4. The van der Waals surface area contributed by atoms with Gasteiger partial charge in [0.15, 0.2) is 0 Å². The van der Waals surface area contributed by atoms with Gasteiger partial charge in [0.2, 0.25) is 0 Å². The van der Waals surface area contributed by atoms with Crippen molar-refractivity contribution in [3.8, 4) is 0 Å². The van der Waals surface area contributed by atoms with Crippen molar-refractivity contribution >= 4 is 11.7 Å². The average molecular weight is 192 g/mol. The lowest BCUT2D eigenvalue weighted by molar-refractivity contribution is -0.135. The molecule has 0 aromatic rings. The highest BCUT2D eigenvalue weighted by molar-refractivity contribution is 6.36. The number of hydrazone groups is 1. The number of hydrogen-bond donors (Lipinski definition) is 1.